The highest BCUT2D eigenvalue weighted by Gasteiger charge is 2.25. The van der Waals surface area contributed by atoms with Crippen LogP contribution in [0.15, 0.2) is 30.6 Å². The van der Waals surface area contributed by atoms with E-state index in [0.29, 0.717) is 60.4 Å². The molecule has 2 bridgehead atoms. The number of carbonyl (C=O) groups is 1. The van der Waals surface area contributed by atoms with Gasteiger partial charge in [-0.15, -0.1) is 0 Å². The number of carbonyl (C=O) groups excluding carboxylic acids is 1. The molecule has 3 heterocycles. The Hall–Kier alpha value is -3.79. The summed E-state index contributed by atoms with van der Waals surface area (Å²) in [7, 11) is 3.51. The number of hydrogen-bond donors (Lipinski definition) is 2. The summed E-state index contributed by atoms with van der Waals surface area (Å²) in [5, 5.41) is 7.21. The van der Waals surface area contributed by atoms with E-state index in [4.69, 9.17) is 18.9 Å². The molecule has 0 saturated heterocycles. The third-order valence-electron chi connectivity index (χ3n) is 6.13. The van der Waals surface area contributed by atoms with Gasteiger partial charge in [0.25, 0.3) is 0 Å². The summed E-state index contributed by atoms with van der Waals surface area (Å²) in [6.45, 7) is 7.47. The fourth-order valence-corrected chi connectivity index (χ4v) is 4.06. The van der Waals surface area contributed by atoms with E-state index < -0.39 is 0 Å². The van der Waals surface area contributed by atoms with Crippen molar-refractivity contribution in [2.24, 2.45) is 0 Å². The van der Waals surface area contributed by atoms with Crippen LogP contribution in [-0.2, 0) is 11.3 Å². The highest BCUT2D eigenvalue weighted by atomic mass is 16.7. The summed E-state index contributed by atoms with van der Waals surface area (Å²) >= 11 is 0. The summed E-state index contributed by atoms with van der Waals surface area (Å²) in [6, 6.07) is 7.23. The first-order valence-corrected chi connectivity index (χ1v) is 12.2. The van der Waals surface area contributed by atoms with Crippen LogP contribution >= 0.6 is 0 Å². The molecular weight excluding hydrogens is 462 g/mol. The third-order valence-corrected chi connectivity index (χ3v) is 6.13. The molecule has 5 rings (SSSR count). The van der Waals surface area contributed by atoms with Crippen molar-refractivity contribution in [3.8, 4) is 23.0 Å². The maximum Gasteiger partial charge on any atom is 0.237 e. The van der Waals surface area contributed by atoms with Gasteiger partial charge in [-0.1, -0.05) is 19.9 Å². The Morgan fingerprint density at radius 2 is 1.94 bits per heavy atom. The zero-order valence-electron chi connectivity index (χ0n) is 21.4. The van der Waals surface area contributed by atoms with E-state index in [2.05, 4.69) is 20.6 Å². The topological polar surface area (TPSA) is 107 Å². The molecule has 0 fully saturated rings. The molecule has 3 aromatic rings. The Morgan fingerprint density at radius 1 is 1.11 bits per heavy atom. The first-order chi connectivity index (χ1) is 17.5. The zero-order valence-corrected chi connectivity index (χ0v) is 21.4. The van der Waals surface area contributed by atoms with Gasteiger partial charge in [0, 0.05) is 24.5 Å². The van der Waals surface area contributed by atoms with Crippen LogP contribution in [0.1, 0.15) is 32.8 Å². The number of hydrogen-bond acceptors (Lipinski definition) is 9. The van der Waals surface area contributed by atoms with E-state index in [1.165, 1.54) is 6.33 Å². The van der Waals surface area contributed by atoms with Crippen LogP contribution in [0.5, 0.6) is 23.0 Å². The number of fused-ring (bicyclic) bond motifs is 4. The quantitative estimate of drug-likeness (QED) is 0.520. The van der Waals surface area contributed by atoms with E-state index >= 15 is 0 Å². The van der Waals surface area contributed by atoms with Gasteiger partial charge in [0.15, 0.2) is 23.0 Å². The van der Waals surface area contributed by atoms with Crippen molar-refractivity contribution in [3.63, 3.8) is 0 Å². The van der Waals surface area contributed by atoms with E-state index in [1.807, 2.05) is 57.0 Å². The lowest BCUT2D eigenvalue weighted by Gasteiger charge is -2.26. The number of rotatable bonds is 1. The van der Waals surface area contributed by atoms with Crippen molar-refractivity contribution >= 4 is 28.3 Å². The smallest absolute Gasteiger partial charge is 0.237 e. The van der Waals surface area contributed by atoms with Crippen LogP contribution in [-0.4, -0.2) is 60.9 Å². The van der Waals surface area contributed by atoms with Gasteiger partial charge in [-0.05, 0) is 38.1 Å². The SMILES string of the molecule is CC.COc1cc2ncnc3c2cc1OCCCNC(=O)[C@H](C)N(C)Cc1ccc2c(c1N3)OCO2. The van der Waals surface area contributed by atoms with Gasteiger partial charge in [0.1, 0.15) is 12.1 Å². The van der Waals surface area contributed by atoms with Crippen LogP contribution in [0.2, 0.25) is 0 Å². The van der Waals surface area contributed by atoms with Gasteiger partial charge >= 0.3 is 0 Å². The van der Waals surface area contributed by atoms with Crippen molar-refractivity contribution < 1.29 is 23.7 Å². The van der Waals surface area contributed by atoms with E-state index in [0.717, 1.165) is 16.6 Å². The summed E-state index contributed by atoms with van der Waals surface area (Å²) < 4.78 is 22.9. The predicted molar refractivity (Wildman–Crippen MR) is 137 cm³/mol. The van der Waals surface area contributed by atoms with Crippen LogP contribution in [0, 0.1) is 0 Å². The molecule has 192 valence electrons. The lowest BCUT2D eigenvalue weighted by atomic mass is 10.1. The van der Waals surface area contributed by atoms with Crippen LogP contribution < -0.4 is 29.6 Å². The minimum atomic E-state index is -0.328. The first kappa shape index (κ1) is 25.3. The molecule has 2 aliphatic heterocycles. The molecule has 0 unspecified atom stereocenters. The number of nitrogens with zero attached hydrogens (tertiary/aromatic N) is 3. The number of likely N-dealkylation sites (N-methyl/N-ethyl adjacent to an activating group) is 1. The maximum absolute atomic E-state index is 12.7. The number of anilines is 2. The second-order valence-corrected chi connectivity index (χ2v) is 8.29. The molecule has 0 aliphatic carbocycles. The first-order valence-electron chi connectivity index (χ1n) is 12.2. The fourth-order valence-electron chi connectivity index (χ4n) is 4.06. The number of amides is 1. The van der Waals surface area contributed by atoms with Gasteiger partial charge in [0.05, 0.1) is 31.0 Å². The van der Waals surface area contributed by atoms with Crippen LogP contribution in [0.3, 0.4) is 0 Å². The number of benzene rings is 2. The van der Waals surface area contributed by atoms with Crippen molar-refractivity contribution in [2.45, 2.75) is 39.8 Å². The summed E-state index contributed by atoms with van der Waals surface area (Å²) in [4.78, 5) is 23.6. The lowest BCUT2D eigenvalue weighted by molar-refractivity contribution is -0.125. The van der Waals surface area contributed by atoms with E-state index in [-0.39, 0.29) is 18.7 Å². The Morgan fingerprint density at radius 3 is 2.75 bits per heavy atom. The van der Waals surface area contributed by atoms with Crippen molar-refractivity contribution in [1.82, 2.24) is 20.2 Å². The Balaban J connectivity index is 0.00000148. The monoisotopic (exact) mass is 495 g/mol. The molecule has 0 saturated carbocycles. The average molecular weight is 496 g/mol. The molecule has 10 nitrogen and oxygen atoms in total. The Labute approximate surface area is 210 Å². The Bertz CT molecular complexity index is 1240. The molecule has 10 heteroatoms. The van der Waals surface area contributed by atoms with Crippen molar-refractivity contribution in [2.75, 3.05) is 39.4 Å². The van der Waals surface area contributed by atoms with Gasteiger partial charge in [-0.25, -0.2) is 9.97 Å². The zero-order chi connectivity index (χ0) is 25.7. The molecule has 1 atom stereocenters. The summed E-state index contributed by atoms with van der Waals surface area (Å²) in [6.07, 6.45) is 2.16. The minimum Gasteiger partial charge on any atom is -0.493 e. The largest absolute Gasteiger partial charge is 0.493 e. The van der Waals surface area contributed by atoms with Gasteiger partial charge < -0.3 is 29.6 Å². The average Bonchev–Trinajstić information content (AvgIpc) is 3.39. The molecule has 2 aromatic carbocycles. The second-order valence-electron chi connectivity index (χ2n) is 8.29. The second kappa shape index (κ2) is 11.3. The molecule has 0 radical (unpaired) electrons. The molecule has 36 heavy (non-hydrogen) atoms. The van der Waals surface area contributed by atoms with Crippen molar-refractivity contribution in [1.29, 1.82) is 0 Å². The minimum absolute atomic E-state index is 0.0399. The fraction of sp³-hybridized carbons (Fsp3) is 0.423. The number of ether oxygens (including phenoxy) is 4. The third kappa shape index (κ3) is 5.08. The Kier molecular flexibility index (Phi) is 7.94. The van der Waals surface area contributed by atoms with Crippen LogP contribution in [0.25, 0.3) is 10.9 Å². The molecule has 0 spiro atoms. The highest BCUT2D eigenvalue weighted by Crippen LogP contribution is 2.44. The van der Waals surface area contributed by atoms with E-state index in [9.17, 15) is 4.79 Å². The van der Waals surface area contributed by atoms with E-state index in [1.54, 1.807) is 7.11 Å². The summed E-state index contributed by atoms with van der Waals surface area (Å²) in [5.74, 6) is 2.98. The summed E-state index contributed by atoms with van der Waals surface area (Å²) in [5.41, 5.74) is 2.39. The number of nitrogens with one attached hydrogen (secondary N) is 2. The number of aromatic nitrogens is 2. The molecule has 1 aromatic heterocycles. The molecule has 1 amide bonds. The molecular formula is C26H33N5O5. The molecule has 2 aliphatic rings. The van der Waals surface area contributed by atoms with Gasteiger partial charge in [-0.3, -0.25) is 9.69 Å². The van der Waals surface area contributed by atoms with Gasteiger partial charge in [0.2, 0.25) is 12.7 Å². The predicted octanol–water partition coefficient (Wildman–Crippen LogP) is 3.86. The standard InChI is InChI=1S/C24H27N5O5.C2H6/c1-14-24(30)25-7-4-8-32-20-9-16-17(10-19(20)31-3)26-12-27-23(16)28-21-15(11-29(14)2)5-6-18-22(21)34-13-33-18;1-2/h5-6,9-10,12,14H,4,7-8,11,13H2,1-3H3,(H,25,30)(H,26,27,28);1-2H3/t14-;/m0./s1. The lowest BCUT2D eigenvalue weighted by Crippen LogP contribution is -2.43. The van der Waals surface area contributed by atoms with Crippen molar-refractivity contribution in [3.05, 3.63) is 36.2 Å². The number of methoxy groups -OCH3 is 1. The van der Waals surface area contributed by atoms with Gasteiger partial charge in [-0.2, -0.15) is 0 Å². The normalized spacial score (nSPS) is 17.8. The highest BCUT2D eigenvalue weighted by molar-refractivity contribution is 5.94. The molecule has 2 N–H and O–H groups in total. The maximum atomic E-state index is 12.7. The van der Waals surface area contributed by atoms with Crippen LogP contribution in [0.4, 0.5) is 11.5 Å².